The maximum absolute atomic E-state index is 11.0. The summed E-state index contributed by atoms with van der Waals surface area (Å²) in [5, 5.41) is 0. The van der Waals surface area contributed by atoms with Crippen LogP contribution in [0.5, 0.6) is 0 Å². The minimum atomic E-state index is -0.571. The smallest absolute Gasteiger partial charge is 0.121 e. The van der Waals surface area contributed by atoms with Gasteiger partial charge in [0.15, 0.2) is 0 Å². The van der Waals surface area contributed by atoms with E-state index in [1.165, 1.54) is 0 Å². The van der Waals surface area contributed by atoms with Gasteiger partial charge in [0, 0.05) is 18.3 Å². The lowest BCUT2D eigenvalue weighted by Gasteiger charge is -2.38. The fourth-order valence-electron chi connectivity index (χ4n) is 3.97. The number of hydrogen-bond acceptors (Lipinski definition) is 2. The second-order valence-electron chi connectivity index (χ2n) is 6.77. The van der Waals surface area contributed by atoms with Crippen molar-refractivity contribution in [3.05, 3.63) is 126 Å². The lowest BCUT2D eigenvalue weighted by Crippen LogP contribution is -2.38. The Labute approximate surface area is 165 Å². The summed E-state index contributed by atoms with van der Waals surface area (Å²) in [5.74, 6) is 0. The van der Waals surface area contributed by atoms with Crippen LogP contribution < -0.4 is 0 Å². The number of aldehydes is 1. The zero-order chi connectivity index (χ0) is 19.2. The minimum Gasteiger partial charge on any atom is -0.316 e. The van der Waals surface area contributed by atoms with E-state index in [0.717, 1.165) is 28.7 Å². The number of nitrogens with zero attached hydrogens (tertiary/aromatic N) is 2. The molecule has 1 heterocycles. The van der Waals surface area contributed by atoms with E-state index in [-0.39, 0.29) is 0 Å². The Hall–Kier alpha value is -3.46. The van der Waals surface area contributed by atoms with Crippen LogP contribution in [0.2, 0.25) is 0 Å². The molecule has 3 heteroatoms. The quantitative estimate of drug-likeness (QED) is 0.346. The third kappa shape index (κ3) is 3.05. The van der Waals surface area contributed by atoms with E-state index in [0.29, 0.717) is 12.8 Å². The zero-order valence-electron chi connectivity index (χ0n) is 15.6. The average molecular weight is 366 g/mol. The fraction of sp³-hybridized carbons (Fsp3) is 0.120. The summed E-state index contributed by atoms with van der Waals surface area (Å²) in [6, 6.07) is 31.4. The molecule has 0 fully saturated rings. The van der Waals surface area contributed by atoms with Crippen molar-refractivity contribution in [3.63, 3.8) is 0 Å². The SMILES string of the molecule is O=CCCc1cncn1C(c1ccccc1)(c1ccccc1)c1ccccc1. The Kier molecular flexibility index (Phi) is 5.16. The van der Waals surface area contributed by atoms with Gasteiger partial charge in [-0.25, -0.2) is 4.98 Å². The minimum absolute atomic E-state index is 0.472. The van der Waals surface area contributed by atoms with Gasteiger partial charge in [0.25, 0.3) is 0 Å². The molecule has 0 aliphatic carbocycles. The first-order valence-corrected chi connectivity index (χ1v) is 9.49. The number of rotatable bonds is 7. The van der Waals surface area contributed by atoms with E-state index in [9.17, 15) is 4.79 Å². The highest BCUT2D eigenvalue weighted by Crippen LogP contribution is 2.41. The molecular formula is C25H22N2O. The lowest BCUT2D eigenvalue weighted by atomic mass is 9.76. The first kappa shape index (κ1) is 17.9. The molecule has 0 amide bonds. The topological polar surface area (TPSA) is 34.9 Å². The van der Waals surface area contributed by atoms with Gasteiger partial charge in [-0.2, -0.15) is 0 Å². The van der Waals surface area contributed by atoms with E-state index < -0.39 is 5.54 Å². The molecule has 3 nitrogen and oxygen atoms in total. The number of imidazole rings is 1. The molecule has 0 unspecified atom stereocenters. The number of hydrogen-bond donors (Lipinski definition) is 0. The summed E-state index contributed by atoms with van der Waals surface area (Å²) in [6.07, 6.45) is 5.84. The zero-order valence-corrected chi connectivity index (χ0v) is 15.6. The molecule has 4 rings (SSSR count). The van der Waals surface area contributed by atoms with Gasteiger partial charge >= 0.3 is 0 Å². The summed E-state index contributed by atoms with van der Waals surface area (Å²) in [6.45, 7) is 0. The van der Waals surface area contributed by atoms with E-state index >= 15 is 0 Å². The Morgan fingerprint density at radius 3 is 1.64 bits per heavy atom. The first-order chi connectivity index (χ1) is 13.9. The van der Waals surface area contributed by atoms with Gasteiger partial charge in [-0.3, -0.25) is 0 Å². The molecule has 0 bridgehead atoms. The van der Waals surface area contributed by atoms with E-state index in [1.807, 2.05) is 30.7 Å². The number of carbonyl (C=O) groups is 1. The van der Waals surface area contributed by atoms with Crippen LogP contribution in [-0.2, 0) is 16.8 Å². The first-order valence-electron chi connectivity index (χ1n) is 9.49. The standard InChI is InChI=1S/C25H22N2O/c28-18-10-17-24-19-26-20-27(24)25(21-11-4-1-5-12-21,22-13-6-2-7-14-22)23-15-8-3-9-16-23/h1-9,11-16,18-20H,10,17H2. The highest BCUT2D eigenvalue weighted by Gasteiger charge is 2.39. The highest BCUT2D eigenvalue weighted by atomic mass is 16.1. The Morgan fingerprint density at radius 2 is 1.21 bits per heavy atom. The van der Waals surface area contributed by atoms with Crippen LogP contribution in [0.1, 0.15) is 28.8 Å². The van der Waals surface area contributed by atoms with Crippen molar-refractivity contribution in [2.24, 2.45) is 0 Å². The van der Waals surface area contributed by atoms with E-state index in [4.69, 9.17) is 0 Å². The van der Waals surface area contributed by atoms with Gasteiger partial charge in [-0.05, 0) is 23.1 Å². The second kappa shape index (κ2) is 8.05. The number of benzene rings is 3. The van der Waals surface area contributed by atoms with Gasteiger partial charge in [-0.1, -0.05) is 91.0 Å². The second-order valence-corrected chi connectivity index (χ2v) is 6.77. The molecule has 0 spiro atoms. The van der Waals surface area contributed by atoms with Crippen molar-refractivity contribution >= 4 is 6.29 Å². The van der Waals surface area contributed by atoms with Gasteiger partial charge in [0.05, 0.1) is 6.33 Å². The van der Waals surface area contributed by atoms with E-state index in [1.54, 1.807) is 0 Å². The van der Waals surface area contributed by atoms with Gasteiger partial charge in [0.1, 0.15) is 11.8 Å². The number of aromatic nitrogens is 2. The molecule has 138 valence electrons. The van der Waals surface area contributed by atoms with Crippen LogP contribution in [0.15, 0.2) is 104 Å². The molecule has 28 heavy (non-hydrogen) atoms. The lowest BCUT2D eigenvalue weighted by molar-refractivity contribution is -0.107. The van der Waals surface area contributed by atoms with Crippen molar-refractivity contribution in [2.45, 2.75) is 18.4 Å². The van der Waals surface area contributed by atoms with Crippen molar-refractivity contribution in [3.8, 4) is 0 Å². The van der Waals surface area contributed by atoms with Crippen LogP contribution in [0, 0.1) is 0 Å². The molecule has 0 saturated carbocycles. The fourth-order valence-corrected chi connectivity index (χ4v) is 3.97. The van der Waals surface area contributed by atoms with Gasteiger partial charge < -0.3 is 9.36 Å². The molecule has 1 aromatic heterocycles. The third-order valence-corrected chi connectivity index (χ3v) is 5.17. The molecule has 0 aliphatic rings. The Balaban J connectivity index is 2.08. The van der Waals surface area contributed by atoms with Gasteiger partial charge in [0.2, 0.25) is 0 Å². The molecule has 0 saturated heterocycles. The summed E-state index contributed by atoms with van der Waals surface area (Å²) in [7, 11) is 0. The van der Waals surface area contributed by atoms with Crippen LogP contribution in [0.4, 0.5) is 0 Å². The molecule has 0 aliphatic heterocycles. The molecule has 3 aromatic carbocycles. The summed E-state index contributed by atoms with van der Waals surface area (Å²) in [5.41, 5.74) is 3.91. The molecule has 0 N–H and O–H groups in total. The average Bonchev–Trinajstić information content (AvgIpc) is 3.24. The van der Waals surface area contributed by atoms with Crippen LogP contribution >= 0.6 is 0 Å². The maximum atomic E-state index is 11.0. The van der Waals surface area contributed by atoms with Crippen LogP contribution in [0.3, 0.4) is 0 Å². The number of aryl methyl sites for hydroxylation is 1. The third-order valence-electron chi connectivity index (χ3n) is 5.17. The summed E-state index contributed by atoms with van der Waals surface area (Å²) >= 11 is 0. The summed E-state index contributed by atoms with van der Waals surface area (Å²) in [4.78, 5) is 15.5. The molecule has 0 radical (unpaired) electrons. The Morgan fingerprint density at radius 1 is 0.750 bits per heavy atom. The molecule has 4 aromatic rings. The maximum Gasteiger partial charge on any atom is 0.121 e. The summed E-state index contributed by atoms with van der Waals surface area (Å²) < 4.78 is 2.22. The van der Waals surface area contributed by atoms with Crippen molar-refractivity contribution < 1.29 is 4.79 Å². The monoisotopic (exact) mass is 366 g/mol. The predicted molar refractivity (Wildman–Crippen MR) is 111 cm³/mol. The van der Waals surface area contributed by atoms with Crippen molar-refractivity contribution in [1.82, 2.24) is 9.55 Å². The van der Waals surface area contributed by atoms with Crippen molar-refractivity contribution in [1.29, 1.82) is 0 Å². The normalized spacial score (nSPS) is 11.3. The van der Waals surface area contributed by atoms with Crippen molar-refractivity contribution in [2.75, 3.05) is 0 Å². The van der Waals surface area contributed by atoms with E-state index in [2.05, 4.69) is 82.3 Å². The predicted octanol–water partition coefficient (Wildman–Crippen LogP) is 4.85. The molecule has 0 atom stereocenters. The number of carbonyl (C=O) groups excluding carboxylic acids is 1. The highest BCUT2D eigenvalue weighted by molar-refractivity contribution is 5.52. The van der Waals surface area contributed by atoms with Crippen LogP contribution in [-0.4, -0.2) is 15.8 Å². The van der Waals surface area contributed by atoms with Crippen LogP contribution in [0.25, 0.3) is 0 Å². The van der Waals surface area contributed by atoms with Gasteiger partial charge in [-0.15, -0.1) is 0 Å². The molecular weight excluding hydrogens is 344 g/mol. The largest absolute Gasteiger partial charge is 0.316 e. The Bertz CT molecular complexity index is 927.